The molecule has 6 nitrogen and oxygen atoms in total. The molecule has 0 fully saturated rings. The van der Waals surface area contributed by atoms with Crippen molar-refractivity contribution in [3.8, 4) is 0 Å². The highest BCUT2D eigenvalue weighted by Crippen LogP contribution is 2.28. The Morgan fingerprint density at radius 1 is 1.27 bits per heavy atom. The Labute approximate surface area is 187 Å². The summed E-state index contributed by atoms with van der Waals surface area (Å²) in [5.41, 5.74) is 2.85. The highest BCUT2D eigenvalue weighted by molar-refractivity contribution is 7.97. The molecule has 0 spiro atoms. The molecule has 0 aliphatic heterocycles. The molecule has 2 aromatic rings. The van der Waals surface area contributed by atoms with Crippen LogP contribution in [0.15, 0.2) is 28.6 Å². The molecule has 0 radical (unpaired) electrons. The van der Waals surface area contributed by atoms with Crippen LogP contribution in [0.3, 0.4) is 0 Å². The Morgan fingerprint density at radius 3 is 2.80 bits per heavy atom. The summed E-state index contributed by atoms with van der Waals surface area (Å²) in [7, 11) is 0. The van der Waals surface area contributed by atoms with Crippen molar-refractivity contribution in [1.29, 1.82) is 0 Å². The second kappa shape index (κ2) is 13.0. The van der Waals surface area contributed by atoms with Crippen molar-refractivity contribution in [2.45, 2.75) is 76.3 Å². The van der Waals surface area contributed by atoms with Crippen molar-refractivity contribution >= 4 is 45.2 Å². The number of ketones is 1. The first-order chi connectivity index (χ1) is 14.4. The minimum atomic E-state index is -0.697. The first kappa shape index (κ1) is 24.8. The fraction of sp³-hybridized carbons (Fsp3) is 0.591. The molecule has 2 rings (SSSR count). The van der Waals surface area contributed by atoms with E-state index in [0.717, 1.165) is 40.9 Å². The molecule has 0 bridgehead atoms. The average molecular weight is 452 g/mol. The molecule has 2 atom stereocenters. The fourth-order valence-electron chi connectivity index (χ4n) is 2.97. The zero-order valence-electron chi connectivity index (χ0n) is 18.1. The summed E-state index contributed by atoms with van der Waals surface area (Å²) in [5.74, 6) is -0.112. The number of aliphatic hydroxyl groups excluding tert-OH is 1. The maximum absolute atomic E-state index is 12.1. The summed E-state index contributed by atoms with van der Waals surface area (Å²) in [4.78, 5) is 28.9. The van der Waals surface area contributed by atoms with Gasteiger partial charge < -0.3 is 10.4 Å². The van der Waals surface area contributed by atoms with Crippen LogP contribution in [0.5, 0.6) is 0 Å². The molecule has 0 saturated carbocycles. The number of carbonyl (C=O) groups excluding carboxylic acids is 2. The summed E-state index contributed by atoms with van der Waals surface area (Å²) in [6, 6.07) is 5.83. The fourth-order valence-corrected chi connectivity index (χ4v) is 4.81. The number of carbonyl (C=O) groups is 2. The van der Waals surface area contributed by atoms with E-state index in [0.29, 0.717) is 13.0 Å². The number of benzene rings is 1. The minimum absolute atomic E-state index is 0.0785. The van der Waals surface area contributed by atoms with Crippen molar-refractivity contribution < 1.29 is 14.7 Å². The summed E-state index contributed by atoms with van der Waals surface area (Å²) >= 11 is 3.25. The lowest BCUT2D eigenvalue weighted by Crippen LogP contribution is -2.45. The Bertz CT molecular complexity index is 812. The zero-order valence-corrected chi connectivity index (χ0v) is 19.7. The van der Waals surface area contributed by atoms with E-state index < -0.39 is 6.10 Å². The lowest BCUT2D eigenvalue weighted by atomic mass is 10.1. The van der Waals surface area contributed by atoms with Gasteiger partial charge in [-0.3, -0.25) is 9.59 Å². The van der Waals surface area contributed by atoms with Gasteiger partial charge in [0.15, 0.2) is 0 Å². The van der Waals surface area contributed by atoms with Crippen LogP contribution in [0.1, 0.15) is 59.3 Å². The molecule has 8 heteroatoms. The topological polar surface area (TPSA) is 82.5 Å². The highest BCUT2D eigenvalue weighted by atomic mass is 32.2. The molecule has 1 heterocycles. The van der Waals surface area contributed by atoms with Gasteiger partial charge in [-0.2, -0.15) is 0 Å². The van der Waals surface area contributed by atoms with Crippen molar-refractivity contribution in [3.63, 3.8) is 0 Å². The third-order valence-corrected chi connectivity index (χ3v) is 6.78. The quantitative estimate of drug-likeness (QED) is 0.327. The van der Waals surface area contributed by atoms with Crippen LogP contribution in [0.25, 0.3) is 10.2 Å². The normalized spacial score (nSPS) is 13.5. The van der Waals surface area contributed by atoms with Gasteiger partial charge in [-0.05, 0) is 43.5 Å². The van der Waals surface area contributed by atoms with E-state index in [1.165, 1.54) is 0 Å². The van der Waals surface area contributed by atoms with E-state index >= 15 is 0 Å². The van der Waals surface area contributed by atoms with Gasteiger partial charge in [0.1, 0.15) is 5.78 Å². The number of fused-ring (bicyclic) bond motifs is 1. The molecular formula is C22H33N3O3S2. The SMILES string of the molecule is CCCCCN(CC(O)C(C)NC(=O)CCC(=O)CC)Sc1ccc2ncsc2c1. The molecule has 166 valence electrons. The molecule has 0 aliphatic rings. The summed E-state index contributed by atoms with van der Waals surface area (Å²) in [5, 5.41) is 13.5. The van der Waals surface area contributed by atoms with E-state index in [2.05, 4.69) is 33.7 Å². The van der Waals surface area contributed by atoms with Crippen LogP contribution < -0.4 is 5.32 Å². The number of nitrogens with zero attached hydrogens (tertiary/aromatic N) is 2. The predicted molar refractivity (Wildman–Crippen MR) is 125 cm³/mol. The standard InChI is InChI=1S/C22H33N3O3S2/c1-4-6-7-12-25(30-18-9-10-19-21(13-18)29-15-23-19)14-20(27)16(3)24-22(28)11-8-17(26)5-2/h9-10,13,15-16,20,27H,4-8,11-12,14H2,1-3H3,(H,24,28). The van der Waals surface area contributed by atoms with Crippen LogP contribution in [0.4, 0.5) is 0 Å². The number of hydrogen-bond acceptors (Lipinski definition) is 7. The maximum Gasteiger partial charge on any atom is 0.220 e. The smallest absolute Gasteiger partial charge is 0.220 e. The second-order valence-electron chi connectivity index (χ2n) is 7.48. The molecule has 2 unspecified atom stereocenters. The monoisotopic (exact) mass is 451 g/mol. The summed E-state index contributed by atoms with van der Waals surface area (Å²) in [6.45, 7) is 7.09. The third kappa shape index (κ3) is 8.34. The number of hydrogen-bond donors (Lipinski definition) is 2. The van der Waals surface area contributed by atoms with Gasteiger partial charge >= 0.3 is 0 Å². The zero-order chi connectivity index (χ0) is 21.9. The Hall–Kier alpha value is -1.48. The largest absolute Gasteiger partial charge is 0.390 e. The molecule has 1 amide bonds. The number of rotatable bonds is 14. The van der Waals surface area contributed by atoms with Gasteiger partial charge in [0.2, 0.25) is 5.91 Å². The van der Waals surface area contributed by atoms with Gasteiger partial charge in [-0.25, -0.2) is 9.29 Å². The van der Waals surface area contributed by atoms with Crippen molar-refractivity contribution in [2.24, 2.45) is 0 Å². The number of Topliss-reactive ketones (excluding diaryl/α,β-unsaturated/α-hetero) is 1. The molecule has 2 N–H and O–H groups in total. The Balaban J connectivity index is 1.92. The van der Waals surface area contributed by atoms with Crippen molar-refractivity contribution in [2.75, 3.05) is 13.1 Å². The van der Waals surface area contributed by atoms with E-state index in [9.17, 15) is 14.7 Å². The van der Waals surface area contributed by atoms with Crippen molar-refractivity contribution in [3.05, 3.63) is 23.7 Å². The van der Waals surface area contributed by atoms with Gasteiger partial charge in [-0.15, -0.1) is 11.3 Å². The van der Waals surface area contributed by atoms with Crippen LogP contribution in [0, 0.1) is 0 Å². The molecular weight excluding hydrogens is 418 g/mol. The summed E-state index contributed by atoms with van der Waals surface area (Å²) < 4.78 is 3.32. The lowest BCUT2D eigenvalue weighted by Gasteiger charge is -2.27. The molecule has 1 aromatic heterocycles. The number of thiazole rings is 1. The Kier molecular flexibility index (Phi) is 10.8. The van der Waals surface area contributed by atoms with Gasteiger partial charge in [0.05, 0.1) is 27.9 Å². The van der Waals surface area contributed by atoms with Gasteiger partial charge in [-0.1, -0.05) is 26.7 Å². The van der Waals surface area contributed by atoms with Gasteiger partial charge in [0, 0.05) is 37.2 Å². The minimum Gasteiger partial charge on any atom is -0.390 e. The number of aliphatic hydroxyl groups is 1. The molecule has 0 aliphatic carbocycles. The number of aromatic nitrogens is 1. The molecule has 30 heavy (non-hydrogen) atoms. The van der Waals surface area contributed by atoms with Crippen LogP contribution in [-0.2, 0) is 9.59 Å². The highest BCUT2D eigenvalue weighted by Gasteiger charge is 2.21. The van der Waals surface area contributed by atoms with Crippen molar-refractivity contribution in [1.82, 2.24) is 14.6 Å². The maximum atomic E-state index is 12.1. The first-order valence-corrected chi connectivity index (χ1v) is 12.3. The Morgan fingerprint density at radius 2 is 2.07 bits per heavy atom. The van der Waals surface area contributed by atoms with Crippen LogP contribution in [0.2, 0.25) is 0 Å². The summed E-state index contributed by atoms with van der Waals surface area (Å²) in [6.07, 6.45) is 3.51. The number of nitrogens with one attached hydrogen (secondary N) is 1. The third-order valence-electron chi connectivity index (χ3n) is 4.93. The van der Waals surface area contributed by atoms with Gasteiger partial charge in [0.25, 0.3) is 0 Å². The molecule has 0 saturated heterocycles. The predicted octanol–water partition coefficient (Wildman–Crippen LogP) is 4.42. The van der Waals surface area contributed by atoms with Crippen LogP contribution in [-0.4, -0.2) is 51.3 Å². The number of unbranched alkanes of at least 4 members (excludes halogenated alkanes) is 2. The van der Waals surface area contributed by atoms with E-state index in [4.69, 9.17) is 0 Å². The number of amides is 1. The lowest BCUT2D eigenvalue weighted by molar-refractivity contribution is -0.126. The molecule has 1 aromatic carbocycles. The van der Waals surface area contributed by atoms with E-state index in [1.54, 1.807) is 30.2 Å². The van der Waals surface area contributed by atoms with E-state index in [1.807, 2.05) is 18.5 Å². The van der Waals surface area contributed by atoms with Crippen LogP contribution >= 0.6 is 23.3 Å². The van der Waals surface area contributed by atoms with E-state index in [-0.39, 0.29) is 30.6 Å². The second-order valence-corrected chi connectivity index (χ2v) is 9.54. The first-order valence-electron chi connectivity index (χ1n) is 10.7. The average Bonchev–Trinajstić information content (AvgIpc) is 3.19.